The maximum Gasteiger partial charge on any atom is 0.266 e. The molecule has 1 amide bonds. The van der Waals surface area contributed by atoms with Gasteiger partial charge in [0.15, 0.2) is 11.6 Å². The Labute approximate surface area is 264 Å². The Balaban J connectivity index is 1.54. The molecule has 1 aliphatic heterocycles. The lowest BCUT2D eigenvalue weighted by atomic mass is 9.81. The van der Waals surface area contributed by atoms with E-state index in [1.807, 2.05) is 54.6 Å². The number of ether oxygens (including phenoxy) is 2. The van der Waals surface area contributed by atoms with E-state index in [0.29, 0.717) is 35.5 Å². The molecule has 0 spiro atoms. The highest BCUT2D eigenvalue weighted by Crippen LogP contribution is 2.43. The van der Waals surface area contributed by atoms with Crippen molar-refractivity contribution in [2.24, 2.45) is 10.1 Å². The predicted octanol–water partition coefficient (Wildman–Crippen LogP) is 5.86. The van der Waals surface area contributed by atoms with Crippen LogP contribution in [-0.4, -0.2) is 35.7 Å². The molecule has 46 heavy (non-hydrogen) atoms. The largest absolute Gasteiger partial charge is 0.494 e. The number of carbonyl (C=O) groups is 1. The number of nitrogens with one attached hydrogen (secondary N) is 2. The Bertz CT molecular complexity index is 1710. The highest BCUT2D eigenvalue weighted by molar-refractivity contribution is 6.01. The van der Waals surface area contributed by atoms with Crippen LogP contribution >= 0.6 is 0 Å². The monoisotopic (exact) mass is 626 g/mol. The van der Waals surface area contributed by atoms with Gasteiger partial charge in [-0.15, -0.1) is 0 Å². The Morgan fingerprint density at radius 1 is 1.00 bits per heavy atom. The number of carbonyl (C=O) groups excluding carboxylic acids is 1. The van der Waals surface area contributed by atoms with Crippen molar-refractivity contribution in [2.75, 3.05) is 13.2 Å². The number of rotatable bonds is 14. The van der Waals surface area contributed by atoms with Crippen LogP contribution < -0.4 is 15.6 Å². The lowest BCUT2D eigenvalue weighted by Crippen LogP contribution is -2.53. The SMILES string of the molecule is [N-]=[N+]=NCc1ccccc1C[C@]1(C(=O)NNCc2cc(F)cc(F)c2)N=C(c2ccc(OCCCO)cc2)O[C@H]1c1ccccc1. The second-order valence-corrected chi connectivity index (χ2v) is 10.6. The first kappa shape index (κ1) is 32.1. The Hall–Kier alpha value is -5.29. The molecular weight excluding hydrogens is 594 g/mol. The molecule has 3 N–H and O–H groups in total. The third-order valence-electron chi connectivity index (χ3n) is 7.43. The van der Waals surface area contributed by atoms with Crippen LogP contribution in [0, 0.1) is 11.6 Å². The minimum Gasteiger partial charge on any atom is -0.494 e. The van der Waals surface area contributed by atoms with Gasteiger partial charge in [-0.05, 0) is 64.2 Å². The van der Waals surface area contributed by atoms with Gasteiger partial charge in [0.25, 0.3) is 5.91 Å². The third-order valence-corrected chi connectivity index (χ3v) is 7.43. The molecule has 0 aromatic heterocycles. The van der Waals surface area contributed by atoms with E-state index in [9.17, 15) is 13.6 Å². The minimum atomic E-state index is -1.57. The van der Waals surface area contributed by atoms with Crippen LogP contribution in [0.4, 0.5) is 8.78 Å². The van der Waals surface area contributed by atoms with Gasteiger partial charge in [0.2, 0.25) is 5.90 Å². The van der Waals surface area contributed by atoms with Crippen molar-refractivity contribution in [3.05, 3.63) is 147 Å². The first-order valence-electron chi connectivity index (χ1n) is 14.6. The van der Waals surface area contributed by atoms with Crippen molar-refractivity contribution in [1.29, 1.82) is 0 Å². The number of aliphatic hydroxyl groups excluding tert-OH is 1. The van der Waals surface area contributed by atoms with Gasteiger partial charge in [0, 0.05) is 42.5 Å². The summed E-state index contributed by atoms with van der Waals surface area (Å²) in [5.74, 6) is -1.18. The molecule has 0 saturated carbocycles. The molecule has 236 valence electrons. The second kappa shape index (κ2) is 15.1. The number of hydrogen-bond acceptors (Lipinski definition) is 7. The number of halogens is 2. The fourth-order valence-electron chi connectivity index (χ4n) is 5.24. The average Bonchev–Trinajstić information content (AvgIpc) is 3.45. The van der Waals surface area contributed by atoms with Gasteiger partial charge < -0.3 is 14.6 Å². The van der Waals surface area contributed by atoms with E-state index >= 15 is 0 Å². The minimum absolute atomic E-state index is 0.0215. The van der Waals surface area contributed by atoms with Crippen LogP contribution in [0.15, 0.2) is 107 Å². The van der Waals surface area contributed by atoms with Gasteiger partial charge >= 0.3 is 0 Å². The molecule has 0 saturated heterocycles. The number of hydrazine groups is 1. The Morgan fingerprint density at radius 3 is 2.39 bits per heavy atom. The van der Waals surface area contributed by atoms with Gasteiger partial charge in [-0.2, -0.15) is 0 Å². The quantitative estimate of drug-likeness (QED) is 0.0529. The van der Waals surface area contributed by atoms with Gasteiger partial charge in [-0.1, -0.05) is 59.7 Å². The van der Waals surface area contributed by atoms with Crippen molar-refractivity contribution in [3.63, 3.8) is 0 Å². The van der Waals surface area contributed by atoms with E-state index < -0.39 is 29.2 Å². The zero-order valence-corrected chi connectivity index (χ0v) is 24.8. The molecule has 0 bridgehead atoms. The van der Waals surface area contributed by atoms with Crippen molar-refractivity contribution < 1.29 is 28.2 Å². The predicted molar refractivity (Wildman–Crippen MR) is 168 cm³/mol. The molecule has 1 aliphatic rings. The molecular formula is C34H32F2N6O4. The summed E-state index contributed by atoms with van der Waals surface area (Å²) in [4.78, 5) is 22.2. The summed E-state index contributed by atoms with van der Waals surface area (Å²) in [7, 11) is 0. The molecule has 10 nitrogen and oxygen atoms in total. The van der Waals surface area contributed by atoms with Crippen LogP contribution in [0.5, 0.6) is 5.75 Å². The zero-order valence-electron chi connectivity index (χ0n) is 24.8. The highest BCUT2D eigenvalue weighted by Gasteiger charge is 2.53. The fraction of sp³-hybridized carbons (Fsp3) is 0.235. The van der Waals surface area contributed by atoms with Gasteiger partial charge in [-0.3, -0.25) is 10.2 Å². The number of nitrogens with zero attached hydrogens (tertiary/aromatic N) is 4. The van der Waals surface area contributed by atoms with E-state index in [-0.39, 0.29) is 32.0 Å². The summed E-state index contributed by atoms with van der Waals surface area (Å²) >= 11 is 0. The number of aliphatic hydroxyl groups is 1. The molecule has 4 aromatic rings. The van der Waals surface area contributed by atoms with E-state index in [1.54, 1.807) is 24.3 Å². The van der Waals surface area contributed by atoms with Gasteiger partial charge in [0.1, 0.15) is 17.4 Å². The van der Waals surface area contributed by atoms with Crippen molar-refractivity contribution in [3.8, 4) is 5.75 Å². The van der Waals surface area contributed by atoms with E-state index in [2.05, 4.69) is 20.9 Å². The molecule has 4 aromatic carbocycles. The number of aliphatic imine (C=N–C) groups is 1. The van der Waals surface area contributed by atoms with Gasteiger partial charge in [-0.25, -0.2) is 19.2 Å². The second-order valence-electron chi connectivity index (χ2n) is 10.6. The van der Waals surface area contributed by atoms with Crippen LogP contribution in [0.1, 0.15) is 40.3 Å². The summed E-state index contributed by atoms with van der Waals surface area (Å²) in [6.07, 6.45) is -0.320. The molecule has 12 heteroatoms. The van der Waals surface area contributed by atoms with E-state index in [1.165, 1.54) is 12.1 Å². The lowest BCUT2D eigenvalue weighted by Gasteiger charge is -2.31. The molecule has 0 aliphatic carbocycles. The summed E-state index contributed by atoms with van der Waals surface area (Å²) in [6.45, 7) is 0.388. The van der Waals surface area contributed by atoms with Crippen molar-refractivity contribution in [1.82, 2.24) is 10.9 Å². The first-order valence-corrected chi connectivity index (χ1v) is 14.6. The molecule has 2 atom stereocenters. The number of azide groups is 1. The molecule has 0 unspecified atom stereocenters. The average molecular weight is 627 g/mol. The first-order chi connectivity index (χ1) is 22.4. The van der Waals surface area contributed by atoms with Crippen LogP contribution in [0.3, 0.4) is 0 Å². The normalized spacial score (nSPS) is 17.0. The maximum absolute atomic E-state index is 14.4. The topological polar surface area (TPSA) is 141 Å². The van der Waals surface area contributed by atoms with E-state index in [0.717, 1.165) is 17.2 Å². The molecule has 1 heterocycles. The Kier molecular flexibility index (Phi) is 10.6. The Morgan fingerprint density at radius 2 is 1.70 bits per heavy atom. The van der Waals surface area contributed by atoms with Gasteiger partial charge in [0.05, 0.1) is 13.2 Å². The molecule has 0 fully saturated rings. The van der Waals surface area contributed by atoms with Crippen LogP contribution in [-0.2, 0) is 29.0 Å². The van der Waals surface area contributed by atoms with E-state index in [4.69, 9.17) is 25.1 Å². The van der Waals surface area contributed by atoms with Crippen LogP contribution in [0.25, 0.3) is 10.4 Å². The third kappa shape index (κ3) is 7.67. The number of benzene rings is 4. The van der Waals surface area contributed by atoms with Crippen LogP contribution in [0.2, 0.25) is 0 Å². The summed E-state index contributed by atoms with van der Waals surface area (Å²) in [6, 6.07) is 26.7. The molecule has 0 radical (unpaired) electrons. The standard InChI is InChI=1S/C34H32F2N6O4/c35-28-17-23(18-29(36)19-28)21-38-41-33(44)34(20-26-9-4-5-10-27(26)22-39-42-37)31(24-7-2-1-3-8-24)46-32(40-34)25-11-13-30(14-12-25)45-16-6-15-43/h1-5,7-14,17-19,31,38,43H,6,15-16,20-22H2,(H,41,44)/t31-,34-/m0/s1. The van der Waals surface area contributed by atoms with Crippen molar-refractivity contribution in [2.45, 2.75) is 37.6 Å². The number of amides is 1. The lowest BCUT2D eigenvalue weighted by molar-refractivity contribution is -0.130. The smallest absolute Gasteiger partial charge is 0.266 e. The zero-order chi connectivity index (χ0) is 32.4. The summed E-state index contributed by atoms with van der Waals surface area (Å²) < 4.78 is 39.8. The summed E-state index contributed by atoms with van der Waals surface area (Å²) in [5.41, 5.74) is 15.9. The summed E-state index contributed by atoms with van der Waals surface area (Å²) in [5, 5.41) is 12.8. The maximum atomic E-state index is 14.4. The van der Waals surface area contributed by atoms with Crippen molar-refractivity contribution >= 4 is 11.8 Å². The number of hydrogen-bond donors (Lipinski definition) is 3. The fourth-order valence-corrected chi connectivity index (χ4v) is 5.24. The molecule has 5 rings (SSSR count). The highest BCUT2D eigenvalue weighted by atomic mass is 19.1.